The number of pyridine rings is 1. The summed E-state index contributed by atoms with van der Waals surface area (Å²) in [5.41, 5.74) is 3.83. The molecular weight excluding hydrogens is 136 g/mol. The molecule has 1 aromatic heterocycles. The first-order valence-electron chi connectivity index (χ1n) is 3.49. The molecule has 2 heteroatoms. The molecule has 56 valence electrons. The summed E-state index contributed by atoms with van der Waals surface area (Å²) in [6.07, 6.45) is 1.62. The van der Waals surface area contributed by atoms with E-state index in [4.69, 9.17) is 5.26 Å². The van der Waals surface area contributed by atoms with E-state index in [-0.39, 0.29) is 0 Å². The first-order chi connectivity index (χ1) is 5.16. The van der Waals surface area contributed by atoms with Crippen molar-refractivity contribution in [3.8, 4) is 6.07 Å². The number of nitriles is 1. The highest BCUT2D eigenvalue weighted by Crippen LogP contribution is 2.12. The van der Waals surface area contributed by atoms with Crippen LogP contribution in [0.15, 0.2) is 6.20 Å². The minimum Gasteiger partial charge on any atom is -0.260 e. The molecule has 1 rings (SSSR count). The van der Waals surface area contributed by atoms with Gasteiger partial charge in [0.2, 0.25) is 0 Å². The van der Waals surface area contributed by atoms with Crippen molar-refractivity contribution in [2.45, 2.75) is 20.8 Å². The second-order valence-corrected chi connectivity index (χ2v) is 2.62. The highest BCUT2D eigenvalue weighted by molar-refractivity contribution is 5.40. The van der Waals surface area contributed by atoms with Crippen molar-refractivity contribution in [3.63, 3.8) is 0 Å². The lowest BCUT2D eigenvalue weighted by molar-refractivity contribution is 1.11. The minimum absolute atomic E-state index is 0.674. The van der Waals surface area contributed by atoms with E-state index in [0.29, 0.717) is 5.56 Å². The largest absolute Gasteiger partial charge is 0.260 e. The Bertz CT molecular complexity index is 321. The van der Waals surface area contributed by atoms with E-state index in [1.54, 1.807) is 6.20 Å². The second kappa shape index (κ2) is 2.71. The summed E-state index contributed by atoms with van der Waals surface area (Å²) < 4.78 is 0. The number of aromatic nitrogens is 1. The van der Waals surface area contributed by atoms with Crippen molar-refractivity contribution in [1.82, 2.24) is 4.98 Å². The van der Waals surface area contributed by atoms with Crippen LogP contribution in [0.1, 0.15) is 22.4 Å². The number of rotatable bonds is 0. The van der Waals surface area contributed by atoms with E-state index in [2.05, 4.69) is 11.1 Å². The normalized spacial score (nSPS) is 9.27. The maximum Gasteiger partial charge on any atom is 0.101 e. The lowest BCUT2D eigenvalue weighted by Crippen LogP contribution is -1.93. The molecule has 11 heavy (non-hydrogen) atoms. The Balaban J connectivity index is 3.40. The SMILES string of the molecule is Cc1ncc(C#N)c(C)c1C. The van der Waals surface area contributed by atoms with Crippen LogP contribution in [0.5, 0.6) is 0 Å². The Hall–Kier alpha value is -1.36. The van der Waals surface area contributed by atoms with Gasteiger partial charge in [0.15, 0.2) is 0 Å². The number of nitrogens with zero attached hydrogens (tertiary/aromatic N) is 2. The molecule has 0 N–H and O–H groups in total. The maximum atomic E-state index is 8.64. The van der Waals surface area contributed by atoms with Crippen LogP contribution in [0.25, 0.3) is 0 Å². The van der Waals surface area contributed by atoms with Crippen LogP contribution in [0.3, 0.4) is 0 Å². The molecule has 0 spiro atoms. The van der Waals surface area contributed by atoms with Crippen LogP contribution in [-0.2, 0) is 0 Å². The number of hydrogen-bond acceptors (Lipinski definition) is 2. The lowest BCUT2D eigenvalue weighted by atomic mass is 10.1. The third-order valence-electron chi connectivity index (χ3n) is 2.02. The highest BCUT2D eigenvalue weighted by Gasteiger charge is 2.02. The van der Waals surface area contributed by atoms with Gasteiger partial charge in [-0.2, -0.15) is 5.26 Å². The molecule has 0 atom stereocenters. The summed E-state index contributed by atoms with van der Waals surface area (Å²) in [4.78, 5) is 4.09. The molecule has 0 amide bonds. The highest BCUT2D eigenvalue weighted by atomic mass is 14.7. The minimum atomic E-state index is 0.674. The fourth-order valence-corrected chi connectivity index (χ4v) is 0.941. The maximum absolute atomic E-state index is 8.64. The Labute approximate surface area is 66.5 Å². The molecule has 0 aliphatic carbocycles. The Morgan fingerprint density at radius 2 is 1.91 bits per heavy atom. The summed E-state index contributed by atoms with van der Waals surface area (Å²) >= 11 is 0. The molecule has 0 unspecified atom stereocenters. The van der Waals surface area contributed by atoms with Crippen LogP contribution in [0.2, 0.25) is 0 Å². The first-order valence-corrected chi connectivity index (χ1v) is 3.49. The van der Waals surface area contributed by atoms with E-state index in [1.807, 2.05) is 20.8 Å². The zero-order valence-corrected chi connectivity index (χ0v) is 6.97. The Morgan fingerprint density at radius 1 is 1.27 bits per heavy atom. The van der Waals surface area contributed by atoms with Crippen molar-refractivity contribution in [2.75, 3.05) is 0 Å². The van der Waals surface area contributed by atoms with E-state index in [9.17, 15) is 0 Å². The quantitative estimate of drug-likeness (QED) is 0.560. The summed E-state index contributed by atoms with van der Waals surface area (Å²) in [5, 5.41) is 8.64. The molecule has 0 saturated carbocycles. The van der Waals surface area contributed by atoms with Crippen LogP contribution < -0.4 is 0 Å². The third kappa shape index (κ3) is 1.22. The van der Waals surface area contributed by atoms with Crippen molar-refractivity contribution < 1.29 is 0 Å². The van der Waals surface area contributed by atoms with Gasteiger partial charge in [0.1, 0.15) is 6.07 Å². The van der Waals surface area contributed by atoms with Crippen LogP contribution >= 0.6 is 0 Å². The molecular formula is C9H10N2. The molecule has 0 aliphatic rings. The van der Waals surface area contributed by atoms with Gasteiger partial charge in [-0.05, 0) is 31.9 Å². The van der Waals surface area contributed by atoms with Gasteiger partial charge >= 0.3 is 0 Å². The summed E-state index contributed by atoms with van der Waals surface area (Å²) in [5.74, 6) is 0. The van der Waals surface area contributed by atoms with Gasteiger partial charge in [-0.1, -0.05) is 0 Å². The smallest absolute Gasteiger partial charge is 0.101 e. The van der Waals surface area contributed by atoms with Gasteiger partial charge in [-0.3, -0.25) is 4.98 Å². The molecule has 0 aromatic carbocycles. The monoisotopic (exact) mass is 146 g/mol. The fraction of sp³-hybridized carbons (Fsp3) is 0.333. The average molecular weight is 146 g/mol. The molecule has 2 nitrogen and oxygen atoms in total. The van der Waals surface area contributed by atoms with Crippen LogP contribution in [0.4, 0.5) is 0 Å². The van der Waals surface area contributed by atoms with Gasteiger partial charge < -0.3 is 0 Å². The van der Waals surface area contributed by atoms with Crippen LogP contribution in [0, 0.1) is 32.1 Å². The second-order valence-electron chi connectivity index (χ2n) is 2.62. The molecule has 0 fully saturated rings. The molecule has 0 bridgehead atoms. The van der Waals surface area contributed by atoms with Crippen molar-refractivity contribution in [3.05, 3.63) is 28.6 Å². The molecule has 1 aromatic rings. The molecule has 1 heterocycles. The van der Waals surface area contributed by atoms with Gasteiger partial charge in [-0.15, -0.1) is 0 Å². The predicted molar refractivity (Wildman–Crippen MR) is 43.2 cm³/mol. The van der Waals surface area contributed by atoms with Crippen molar-refractivity contribution in [1.29, 1.82) is 5.26 Å². The Kier molecular flexibility index (Phi) is 1.91. The van der Waals surface area contributed by atoms with Gasteiger partial charge in [0.05, 0.1) is 5.56 Å². The summed E-state index contributed by atoms with van der Waals surface area (Å²) in [6, 6.07) is 2.10. The van der Waals surface area contributed by atoms with Crippen molar-refractivity contribution in [2.24, 2.45) is 0 Å². The predicted octanol–water partition coefficient (Wildman–Crippen LogP) is 1.88. The lowest BCUT2D eigenvalue weighted by Gasteiger charge is -2.03. The molecule has 0 radical (unpaired) electrons. The van der Waals surface area contributed by atoms with Gasteiger partial charge in [0, 0.05) is 11.9 Å². The topological polar surface area (TPSA) is 36.7 Å². The standard InChI is InChI=1S/C9H10N2/c1-6-7(2)9(4-10)5-11-8(6)3/h5H,1-3H3. The van der Waals surface area contributed by atoms with E-state index >= 15 is 0 Å². The van der Waals surface area contributed by atoms with Crippen molar-refractivity contribution >= 4 is 0 Å². The summed E-state index contributed by atoms with van der Waals surface area (Å²) in [6.45, 7) is 5.88. The fourth-order valence-electron chi connectivity index (χ4n) is 0.941. The average Bonchev–Trinajstić information content (AvgIpc) is 2.01. The van der Waals surface area contributed by atoms with E-state index in [0.717, 1.165) is 16.8 Å². The van der Waals surface area contributed by atoms with Gasteiger partial charge in [0.25, 0.3) is 0 Å². The van der Waals surface area contributed by atoms with E-state index < -0.39 is 0 Å². The first kappa shape index (κ1) is 7.74. The zero-order valence-electron chi connectivity index (χ0n) is 6.97. The molecule has 0 aliphatic heterocycles. The Morgan fingerprint density at radius 3 is 2.45 bits per heavy atom. The third-order valence-corrected chi connectivity index (χ3v) is 2.02. The number of aryl methyl sites for hydroxylation is 1. The van der Waals surface area contributed by atoms with E-state index in [1.165, 1.54) is 0 Å². The summed E-state index contributed by atoms with van der Waals surface area (Å²) in [7, 11) is 0. The number of hydrogen-bond donors (Lipinski definition) is 0. The molecule has 0 saturated heterocycles. The van der Waals surface area contributed by atoms with Crippen LogP contribution in [-0.4, -0.2) is 4.98 Å². The van der Waals surface area contributed by atoms with Gasteiger partial charge in [-0.25, -0.2) is 0 Å². The zero-order chi connectivity index (χ0) is 8.43.